The van der Waals surface area contributed by atoms with Crippen molar-refractivity contribution < 1.29 is 9.84 Å². The average molecular weight is 291 g/mol. The smallest absolute Gasteiger partial charge is 0.105 e. The van der Waals surface area contributed by atoms with Crippen LogP contribution in [0.4, 0.5) is 0 Å². The number of rotatable bonds is 7. The van der Waals surface area contributed by atoms with Crippen LogP contribution in [0.5, 0.6) is 0 Å². The van der Waals surface area contributed by atoms with Crippen LogP contribution in [0.2, 0.25) is 0 Å². The van der Waals surface area contributed by atoms with Gasteiger partial charge < -0.3 is 9.84 Å². The van der Waals surface area contributed by atoms with E-state index in [-0.39, 0.29) is 6.10 Å². The van der Waals surface area contributed by atoms with E-state index in [2.05, 4.69) is 12.2 Å². The van der Waals surface area contributed by atoms with E-state index in [0.29, 0.717) is 12.8 Å². The monoisotopic (exact) mass is 291 g/mol. The summed E-state index contributed by atoms with van der Waals surface area (Å²) in [4.78, 5) is 0. The van der Waals surface area contributed by atoms with Crippen LogP contribution in [0.15, 0.2) is 24.3 Å². The van der Waals surface area contributed by atoms with Crippen LogP contribution in [0.25, 0.3) is 0 Å². The maximum atomic E-state index is 10.5. The van der Waals surface area contributed by atoms with Gasteiger partial charge in [-0.2, -0.15) is 0 Å². The molecular weight excluding hydrogens is 262 g/mol. The Kier molecular flexibility index (Phi) is 6.68. The summed E-state index contributed by atoms with van der Waals surface area (Å²) in [6.07, 6.45) is 6.61. The van der Waals surface area contributed by atoms with Gasteiger partial charge in [0, 0.05) is 6.04 Å². The molecule has 1 aromatic rings. The number of aliphatic hydroxyl groups excluding tert-OH is 1. The van der Waals surface area contributed by atoms with Crippen molar-refractivity contribution in [1.29, 1.82) is 0 Å². The summed E-state index contributed by atoms with van der Waals surface area (Å²) in [5.74, 6) is 0. The quantitative estimate of drug-likeness (QED) is 0.753. The predicted octanol–water partition coefficient (Wildman–Crippen LogP) is 3.70. The molecule has 118 valence electrons. The lowest BCUT2D eigenvalue weighted by Gasteiger charge is -2.27. The molecule has 1 aliphatic rings. The van der Waals surface area contributed by atoms with Crippen LogP contribution in [0.1, 0.15) is 62.7 Å². The third-order valence-corrected chi connectivity index (χ3v) is 4.54. The Labute approximate surface area is 128 Å². The summed E-state index contributed by atoms with van der Waals surface area (Å²) < 4.78 is 5.90. The molecule has 0 spiro atoms. The minimum Gasteiger partial charge on any atom is -0.386 e. The highest BCUT2D eigenvalue weighted by Gasteiger charge is 2.22. The number of benzene rings is 1. The van der Waals surface area contributed by atoms with Crippen LogP contribution in [0.3, 0.4) is 0 Å². The topological polar surface area (TPSA) is 41.5 Å². The fourth-order valence-electron chi connectivity index (χ4n) is 3.13. The van der Waals surface area contributed by atoms with Crippen molar-refractivity contribution in [1.82, 2.24) is 5.32 Å². The van der Waals surface area contributed by atoms with E-state index in [4.69, 9.17) is 4.74 Å². The number of hydrogen-bond acceptors (Lipinski definition) is 3. The molecule has 0 aliphatic heterocycles. The second kappa shape index (κ2) is 8.52. The summed E-state index contributed by atoms with van der Waals surface area (Å²) in [5, 5.41) is 14.0. The fraction of sp³-hybridized carbons (Fsp3) is 0.667. The summed E-state index contributed by atoms with van der Waals surface area (Å²) in [6.45, 7) is 4.63. The van der Waals surface area contributed by atoms with Gasteiger partial charge in [0.2, 0.25) is 0 Å². The van der Waals surface area contributed by atoms with E-state index < -0.39 is 6.10 Å². The van der Waals surface area contributed by atoms with Crippen molar-refractivity contribution >= 4 is 0 Å². The SMILES string of the molecule is CCC(OCNC1CCCCC1)C(O)c1ccccc1C. The molecule has 0 radical (unpaired) electrons. The molecule has 0 heterocycles. The van der Waals surface area contributed by atoms with Crippen LogP contribution in [0, 0.1) is 6.92 Å². The van der Waals surface area contributed by atoms with Crippen LogP contribution < -0.4 is 5.32 Å². The Morgan fingerprint density at radius 3 is 2.62 bits per heavy atom. The molecule has 1 fully saturated rings. The highest BCUT2D eigenvalue weighted by molar-refractivity contribution is 5.28. The van der Waals surface area contributed by atoms with Crippen LogP contribution in [-0.4, -0.2) is 24.0 Å². The van der Waals surface area contributed by atoms with Crippen molar-refractivity contribution in [3.8, 4) is 0 Å². The zero-order chi connectivity index (χ0) is 15.1. The first-order valence-electron chi connectivity index (χ1n) is 8.31. The lowest BCUT2D eigenvalue weighted by atomic mass is 9.96. The maximum absolute atomic E-state index is 10.5. The highest BCUT2D eigenvalue weighted by Crippen LogP contribution is 2.24. The number of aliphatic hydroxyl groups is 1. The fourth-order valence-corrected chi connectivity index (χ4v) is 3.13. The molecule has 0 saturated heterocycles. The molecule has 21 heavy (non-hydrogen) atoms. The average Bonchev–Trinajstić information content (AvgIpc) is 2.52. The first-order chi connectivity index (χ1) is 10.2. The largest absolute Gasteiger partial charge is 0.386 e. The Bertz CT molecular complexity index is 415. The zero-order valence-electron chi connectivity index (χ0n) is 13.3. The Balaban J connectivity index is 1.83. The molecule has 3 heteroatoms. The third-order valence-electron chi connectivity index (χ3n) is 4.54. The van der Waals surface area contributed by atoms with Gasteiger partial charge in [0.25, 0.3) is 0 Å². The van der Waals surface area contributed by atoms with Crippen molar-refractivity contribution in [3.63, 3.8) is 0 Å². The normalized spacial score (nSPS) is 19.4. The second-order valence-electron chi connectivity index (χ2n) is 6.10. The van der Waals surface area contributed by atoms with Gasteiger partial charge in [-0.05, 0) is 37.3 Å². The minimum absolute atomic E-state index is 0.151. The molecule has 0 aromatic heterocycles. The van der Waals surface area contributed by atoms with Crippen molar-refractivity contribution in [2.24, 2.45) is 0 Å². The van der Waals surface area contributed by atoms with Crippen molar-refractivity contribution in [3.05, 3.63) is 35.4 Å². The van der Waals surface area contributed by atoms with Gasteiger partial charge in [0.1, 0.15) is 6.10 Å². The van der Waals surface area contributed by atoms with E-state index in [1.165, 1.54) is 32.1 Å². The summed E-state index contributed by atoms with van der Waals surface area (Å²) in [6, 6.07) is 8.58. The molecule has 0 amide bonds. The lowest BCUT2D eigenvalue weighted by Crippen LogP contribution is -2.35. The third kappa shape index (κ3) is 4.80. The summed E-state index contributed by atoms with van der Waals surface area (Å²) in [7, 11) is 0. The molecule has 3 nitrogen and oxygen atoms in total. The van der Waals surface area contributed by atoms with Gasteiger partial charge in [-0.1, -0.05) is 50.5 Å². The Morgan fingerprint density at radius 2 is 1.95 bits per heavy atom. The molecule has 1 saturated carbocycles. The summed E-state index contributed by atoms with van der Waals surface area (Å²) in [5.41, 5.74) is 2.09. The van der Waals surface area contributed by atoms with Gasteiger partial charge in [0.05, 0.1) is 12.8 Å². The van der Waals surface area contributed by atoms with E-state index >= 15 is 0 Å². The van der Waals surface area contributed by atoms with Gasteiger partial charge >= 0.3 is 0 Å². The number of aryl methyl sites for hydroxylation is 1. The number of hydrogen-bond donors (Lipinski definition) is 2. The second-order valence-corrected chi connectivity index (χ2v) is 6.10. The standard InChI is InChI=1S/C18H29NO2/c1-3-17(18(20)16-12-8-7-9-14(16)2)21-13-19-15-10-5-4-6-11-15/h7-9,12,15,17-20H,3-6,10-11,13H2,1-2H3. The molecule has 0 bridgehead atoms. The molecule has 2 N–H and O–H groups in total. The van der Waals surface area contributed by atoms with Gasteiger partial charge in [0.15, 0.2) is 0 Å². The first-order valence-corrected chi connectivity index (χ1v) is 8.31. The number of ether oxygens (including phenoxy) is 1. The van der Waals surface area contributed by atoms with Gasteiger partial charge in [-0.3, -0.25) is 5.32 Å². The Hall–Kier alpha value is -0.900. The van der Waals surface area contributed by atoms with E-state index in [1.807, 2.05) is 31.2 Å². The van der Waals surface area contributed by atoms with Crippen molar-refractivity contribution in [2.75, 3.05) is 6.73 Å². The maximum Gasteiger partial charge on any atom is 0.105 e. The lowest BCUT2D eigenvalue weighted by molar-refractivity contribution is -0.0505. The number of nitrogens with one attached hydrogen (secondary N) is 1. The molecule has 2 unspecified atom stereocenters. The molecule has 2 rings (SSSR count). The zero-order valence-corrected chi connectivity index (χ0v) is 13.3. The molecule has 1 aliphatic carbocycles. The predicted molar refractivity (Wildman–Crippen MR) is 86.2 cm³/mol. The van der Waals surface area contributed by atoms with E-state index in [0.717, 1.165) is 17.5 Å². The summed E-state index contributed by atoms with van der Waals surface area (Å²) >= 11 is 0. The van der Waals surface area contributed by atoms with E-state index in [9.17, 15) is 5.11 Å². The molecular formula is C18H29NO2. The molecule has 1 aromatic carbocycles. The minimum atomic E-state index is -0.552. The van der Waals surface area contributed by atoms with Crippen molar-refractivity contribution in [2.45, 2.75) is 70.6 Å². The van der Waals surface area contributed by atoms with Crippen LogP contribution in [-0.2, 0) is 4.74 Å². The van der Waals surface area contributed by atoms with Crippen LogP contribution >= 0.6 is 0 Å². The Morgan fingerprint density at radius 1 is 1.24 bits per heavy atom. The first kappa shape index (κ1) is 16.5. The van der Waals surface area contributed by atoms with E-state index in [1.54, 1.807) is 0 Å². The van der Waals surface area contributed by atoms with Gasteiger partial charge in [-0.15, -0.1) is 0 Å². The molecule has 2 atom stereocenters. The highest BCUT2D eigenvalue weighted by atomic mass is 16.5. The van der Waals surface area contributed by atoms with Gasteiger partial charge in [-0.25, -0.2) is 0 Å².